The summed E-state index contributed by atoms with van der Waals surface area (Å²) >= 11 is 0. The molecule has 1 aliphatic rings. The van der Waals surface area contributed by atoms with Crippen LogP contribution in [0.4, 0.5) is 5.82 Å². The topological polar surface area (TPSA) is 191 Å². The van der Waals surface area contributed by atoms with Gasteiger partial charge in [0.05, 0.1) is 39.8 Å². The minimum Gasteiger partial charge on any atom is -0.493 e. The second-order valence-corrected chi connectivity index (χ2v) is 10.6. The first-order valence-electron chi connectivity index (χ1n) is 14.4. The lowest BCUT2D eigenvalue weighted by Gasteiger charge is -2.21. The Kier molecular flexibility index (Phi) is 11.0. The van der Waals surface area contributed by atoms with Crippen molar-refractivity contribution in [2.75, 3.05) is 26.6 Å². The number of rotatable bonds is 16. The third-order valence-electron chi connectivity index (χ3n) is 7.72. The fourth-order valence-electron chi connectivity index (χ4n) is 5.34. The van der Waals surface area contributed by atoms with Crippen molar-refractivity contribution >= 4 is 23.0 Å². The lowest BCUT2D eigenvalue weighted by atomic mass is 10.00. The summed E-state index contributed by atoms with van der Waals surface area (Å²) in [5, 5.41) is 44.4. The fraction of sp³-hybridized carbons (Fsp3) is 0.586. The third kappa shape index (κ3) is 7.26. The number of unbranched alkanes of at least 4 members (excludes halogenated alkanes) is 4. The van der Waals surface area contributed by atoms with E-state index in [1.807, 2.05) is 19.1 Å². The van der Waals surface area contributed by atoms with Gasteiger partial charge in [0.15, 0.2) is 34.7 Å². The molecule has 5 N–H and O–H groups in total. The van der Waals surface area contributed by atoms with E-state index < -0.39 is 36.6 Å². The van der Waals surface area contributed by atoms with Crippen LogP contribution in [0.2, 0.25) is 0 Å². The van der Waals surface area contributed by atoms with E-state index in [0.29, 0.717) is 53.5 Å². The molecule has 0 aliphatic carbocycles. The number of imidazole rings is 1. The molecule has 0 bridgehead atoms. The average Bonchev–Trinajstić information content (AvgIpc) is 3.56. The molecular weight excluding hydrogens is 562 g/mol. The van der Waals surface area contributed by atoms with Crippen molar-refractivity contribution in [1.29, 1.82) is 0 Å². The molecular formula is C29H41N5O9. The molecule has 236 valence electrons. The summed E-state index contributed by atoms with van der Waals surface area (Å²) < 4.78 is 23.9. The number of aliphatic carboxylic acids is 1. The van der Waals surface area contributed by atoms with Crippen LogP contribution in [0.3, 0.4) is 0 Å². The summed E-state index contributed by atoms with van der Waals surface area (Å²) in [5.41, 5.74) is 1.65. The quantitative estimate of drug-likeness (QED) is 0.150. The van der Waals surface area contributed by atoms with Crippen LogP contribution in [0.1, 0.15) is 69.7 Å². The van der Waals surface area contributed by atoms with Crippen LogP contribution in [-0.4, -0.2) is 91.7 Å². The number of aliphatic hydroxyl groups is 3. The highest BCUT2D eigenvalue weighted by atomic mass is 16.6. The van der Waals surface area contributed by atoms with Crippen molar-refractivity contribution in [2.45, 2.75) is 88.6 Å². The van der Waals surface area contributed by atoms with Gasteiger partial charge in [-0.2, -0.15) is 0 Å². The van der Waals surface area contributed by atoms with E-state index in [9.17, 15) is 20.1 Å². The summed E-state index contributed by atoms with van der Waals surface area (Å²) in [6.07, 6.45) is 1.50. The first-order chi connectivity index (χ1) is 20.7. The highest BCUT2D eigenvalue weighted by Gasteiger charge is 2.47. The maximum absolute atomic E-state index is 10.9. The Morgan fingerprint density at radius 3 is 2.33 bits per heavy atom. The molecule has 14 nitrogen and oxygen atoms in total. The monoisotopic (exact) mass is 603 g/mol. The van der Waals surface area contributed by atoms with E-state index in [1.54, 1.807) is 14.2 Å². The predicted molar refractivity (Wildman–Crippen MR) is 155 cm³/mol. The molecule has 43 heavy (non-hydrogen) atoms. The molecule has 0 spiro atoms. The van der Waals surface area contributed by atoms with Crippen molar-refractivity contribution in [1.82, 2.24) is 19.5 Å². The number of aromatic nitrogens is 4. The summed E-state index contributed by atoms with van der Waals surface area (Å²) in [7, 11) is 4.64. The number of nitrogens with zero attached hydrogens (tertiary/aromatic N) is 4. The molecule has 0 amide bonds. The second-order valence-electron chi connectivity index (χ2n) is 10.6. The first kappa shape index (κ1) is 32.2. The van der Waals surface area contributed by atoms with Gasteiger partial charge in [-0.05, 0) is 37.5 Å². The van der Waals surface area contributed by atoms with E-state index in [1.165, 1.54) is 24.3 Å². The van der Waals surface area contributed by atoms with Crippen LogP contribution >= 0.6 is 0 Å². The van der Waals surface area contributed by atoms with E-state index in [-0.39, 0.29) is 12.5 Å². The zero-order valence-corrected chi connectivity index (χ0v) is 24.8. The number of carboxylic acids is 1. The Morgan fingerprint density at radius 2 is 1.67 bits per heavy atom. The molecule has 1 saturated heterocycles. The van der Waals surface area contributed by atoms with Gasteiger partial charge in [0.25, 0.3) is 0 Å². The number of nitrogens with one attached hydrogen (secondary N) is 1. The minimum atomic E-state index is -1.32. The standard InChI is InChI=1S/C29H41N5O9/c1-16(17-12-19(40-2)26(42-4)20(13-17)41-3)33-27-22-28(31-14-30-27)34(15-32-22)29-24(39)23(38)25(43-29)18(35)10-8-6-5-7-9-11-21(36)37/h12-16,18,23-25,29,35,38-39H,5-11H2,1-4H3,(H,36,37)(H,30,31,33)/t16?,18?,23-,24+,25+,29+/m0/s1. The Labute approximate surface area is 249 Å². The Hall–Kier alpha value is -3.72. The molecule has 2 aromatic heterocycles. The molecule has 0 radical (unpaired) electrons. The average molecular weight is 604 g/mol. The van der Waals surface area contributed by atoms with Gasteiger partial charge < -0.3 is 44.7 Å². The van der Waals surface area contributed by atoms with Crippen LogP contribution < -0.4 is 19.5 Å². The molecule has 6 atom stereocenters. The van der Waals surface area contributed by atoms with Crippen molar-refractivity contribution < 1.29 is 44.2 Å². The molecule has 1 aromatic carbocycles. The highest BCUT2D eigenvalue weighted by Crippen LogP contribution is 2.40. The Bertz CT molecular complexity index is 1340. The number of hydrogen-bond acceptors (Lipinski definition) is 12. The summed E-state index contributed by atoms with van der Waals surface area (Å²) in [4.78, 5) is 23.8. The largest absolute Gasteiger partial charge is 0.493 e. The molecule has 1 aliphatic heterocycles. The Balaban J connectivity index is 1.44. The maximum Gasteiger partial charge on any atom is 0.303 e. The number of hydrogen-bond donors (Lipinski definition) is 5. The highest BCUT2D eigenvalue weighted by molar-refractivity contribution is 5.83. The van der Waals surface area contributed by atoms with Crippen molar-refractivity contribution in [2.24, 2.45) is 0 Å². The third-order valence-corrected chi connectivity index (χ3v) is 7.72. The fourth-order valence-corrected chi connectivity index (χ4v) is 5.34. The van der Waals surface area contributed by atoms with Crippen LogP contribution in [0.15, 0.2) is 24.8 Å². The second kappa shape index (κ2) is 14.6. The number of aliphatic hydroxyl groups excluding tert-OH is 3. The zero-order valence-electron chi connectivity index (χ0n) is 24.8. The van der Waals surface area contributed by atoms with Crippen LogP contribution in [0.5, 0.6) is 17.2 Å². The summed E-state index contributed by atoms with van der Waals surface area (Å²) in [5.74, 6) is 1.16. The lowest BCUT2D eigenvalue weighted by Crippen LogP contribution is -2.38. The molecule has 3 heterocycles. The molecule has 3 aromatic rings. The zero-order chi connectivity index (χ0) is 31.1. The number of carboxylic acid groups (broad SMARTS) is 1. The Morgan fingerprint density at radius 1 is 1.00 bits per heavy atom. The van der Waals surface area contributed by atoms with E-state index in [2.05, 4.69) is 20.3 Å². The number of fused-ring (bicyclic) bond motifs is 1. The van der Waals surface area contributed by atoms with Crippen molar-refractivity contribution in [3.8, 4) is 17.2 Å². The van der Waals surface area contributed by atoms with Crippen molar-refractivity contribution in [3.63, 3.8) is 0 Å². The minimum absolute atomic E-state index is 0.154. The van der Waals surface area contributed by atoms with Crippen LogP contribution in [0.25, 0.3) is 11.2 Å². The normalized spacial score (nSPS) is 21.5. The van der Waals surface area contributed by atoms with Gasteiger partial charge in [-0.15, -0.1) is 0 Å². The van der Waals surface area contributed by atoms with E-state index in [0.717, 1.165) is 24.8 Å². The van der Waals surface area contributed by atoms with Crippen LogP contribution in [-0.2, 0) is 9.53 Å². The first-order valence-corrected chi connectivity index (χ1v) is 14.4. The van der Waals surface area contributed by atoms with Gasteiger partial charge in [-0.25, -0.2) is 15.0 Å². The van der Waals surface area contributed by atoms with Crippen molar-refractivity contribution in [3.05, 3.63) is 30.4 Å². The number of benzene rings is 1. The molecule has 1 fully saturated rings. The summed E-state index contributed by atoms with van der Waals surface area (Å²) in [6, 6.07) is 3.42. The smallest absolute Gasteiger partial charge is 0.303 e. The molecule has 14 heteroatoms. The number of ether oxygens (including phenoxy) is 4. The van der Waals surface area contributed by atoms with Gasteiger partial charge in [-0.1, -0.05) is 25.7 Å². The van der Waals surface area contributed by atoms with Gasteiger partial charge >= 0.3 is 5.97 Å². The number of methoxy groups -OCH3 is 3. The summed E-state index contributed by atoms with van der Waals surface area (Å²) in [6.45, 7) is 1.94. The van der Waals surface area contributed by atoms with Gasteiger partial charge in [0.2, 0.25) is 5.75 Å². The number of anilines is 1. The van der Waals surface area contributed by atoms with Gasteiger partial charge in [0, 0.05) is 6.42 Å². The van der Waals surface area contributed by atoms with E-state index >= 15 is 0 Å². The van der Waals surface area contributed by atoms with E-state index in [4.69, 9.17) is 24.1 Å². The SMILES string of the molecule is COc1cc(C(C)Nc2ncnc3c2ncn3[C@@H]2O[C@H](C(O)CCCCCCCC(=O)O)[C@@H](O)[C@H]2O)cc(OC)c1OC. The number of carbonyl (C=O) groups is 1. The van der Waals surface area contributed by atoms with Crippen LogP contribution in [0, 0.1) is 0 Å². The van der Waals surface area contributed by atoms with Gasteiger partial charge in [0.1, 0.15) is 24.6 Å². The molecule has 2 unspecified atom stereocenters. The molecule has 0 saturated carbocycles. The predicted octanol–water partition coefficient (Wildman–Crippen LogP) is 2.82. The lowest BCUT2D eigenvalue weighted by molar-refractivity contribution is -0.137. The maximum atomic E-state index is 10.9. The van der Waals surface area contributed by atoms with Gasteiger partial charge in [-0.3, -0.25) is 9.36 Å². The molecule has 4 rings (SSSR count).